The molecule has 1 aliphatic rings. The van der Waals surface area contributed by atoms with Crippen molar-refractivity contribution in [1.82, 2.24) is 10.2 Å². The highest BCUT2D eigenvalue weighted by Crippen LogP contribution is 2.15. The van der Waals surface area contributed by atoms with Crippen molar-refractivity contribution in [2.75, 3.05) is 18.4 Å². The topological polar surface area (TPSA) is 74.6 Å². The Hall–Kier alpha value is -2.76. The average molecular weight is 327 g/mol. The van der Waals surface area contributed by atoms with E-state index < -0.39 is 0 Å². The van der Waals surface area contributed by atoms with Gasteiger partial charge in [-0.05, 0) is 38.0 Å². The van der Waals surface area contributed by atoms with Gasteiger partial charge in [0.1, 0.15) is 0 Å². The minimum Gasteiger partial charge on any atom is -0.459 e. The van der Waals surface area contributed by atoms with Crippen molar-refractivity contribution in [3.8, 4) is 0 Å². The molecular formula is C18H21N3O3. The van der Waals surface area contributed by atoms with Crippen LogP contribution < -0.4 is 10.6 Å². The van der Waals surface area contributed by atoms with Crippen LogP contribution in [0.15, 0.2) is 47.1 Å². The van der Waals surface area contributed by atoms with Crippen LogP contribution in [0.25, 0.3) is 0 Å². The van der Waals surface area contributed by atoms with E-state index in [-0.39, 0.29) is 18.0 Å². The number of para-hydroxylation sites is 1. The van der Waals surface area contributed by atoms with Gasteiger partial charge >= 0.3 is 6.03 Å². The number of furan rings is 1. The van der Waals surface area contributed by atoms with E-state index in [1.165, 1.54) is 6.26 Å². The fraction of sp³-hybridized carbons (Fsp3) is 0.333. The quantitative estimate of drug-likeness (QED) is 0.910. The summed E-state index contributed by atoms with van der Waals surface area (Å²) >= 11 is 0. The van der Waals surface area contributed by atoms with E-state index in [1.807, 2.05) is 37.3 Å². The Morgan fingerprint density at radius 2 is 1.83 bits per heavy atom. The van der Waals surface area contributed by atoms with E-state index in [0.717, 1.165) is 24.1 Å². The van der Waals surface area contributed by atoms with Gasteiger partial charge in [-0.15, -0.1) is 0 Å². The molecule has 1 aromatic heterocycles. The standard InChI is InChI=1S/C18H21N3O3/c1-13-9-12-24-16(13)17(22)19-15-7-10-21(11-8-15)18(23)20-14-5-3-2-4-6-14/h2-6,9,12,15H,7-8,10-11H2,1H3,(H,19,22)(H,20,23). The average Bonchev–Trinajstić information content (AvgIpc) is 3.02. The molecule has 3 rings (SSSR count). The van der Waals surface area contributed by atoms with Gasteiger partial charge in [0.25, 0.3) is 5.91 Å². The number of nitrogens with zero attached hydrogens (tertiary/aromatic N) is 1. The lowest BCUT2D eigenvalue weighted by atomic mass is 10.0. The predicted octanol–water partition coefficient (Wildman–Crippen LogP) is 3.01. The lowest BCUT2D eigenvalue weighted by molar-refractivity contribution is 0.0890. The minimum atomic E-state index is -0.190. The number of anilines is 1. The highest BCUT2D eigenvalue weighted by Gasteiger charge is 2.25. The summed E-state index contributed by atoms with van der Waals surface area (Å²) in [7, 11) is 0. The van der Waals surface area contributed by atoms with Gasteiger partial charge in [-0.3, -0.25) is 4.79 Å². The zero-order valence-electron chi connectivity index (χ0n) is 13.6. The maximum Gasteiger partial charge on any atom is 0.321 e. The summed E-state index contributed by atoms with van der Waals surface area (Å²) < 4.78 is 5.21. The molecule has 2 N–H and O–H groups in total. The summed E-state index contributed by atoms with van der Waals surface area (Å²) in [6.45, 7) is 3.07. The number of piperidine rings is 1. The van der Waals surface area contributed by atoms with E-state index >= 15 is 0 Å². The lowest BCUT2D eigenvalue weighted by Crippen LogP contribution is -2.47. The van der Waals surface area contributed by atoms with Crippen LogP contribution in [0, 0.1) is 6.92 Å². The molecule has 2 aromatic rings. The Bertz CT molecular complexity index is 703. The van der Waals surface area contributed by atoms with Crippen molar-refractivity contribution in [2.24, 2.45) is 0 Å². The van der Waals surface area contributed by atoms with Gasteiger partial charge in [0.15, 0.2) is 5.76 Å². The number of amides is 3. The molecule has 0 atom stereocenters. The summed E-state index contributed by atoms with van der Waals surface area (Å²) in [5, 5.41) is 5.86. The smallest absolute Gasteiger partial charge is 0.321 e. The number of carbonyl (C=O) groups excluding carboxylic acids is 2. The molecule has 24 heavy (non-hydrogen) atoms. The Morgan fingerprint density at radius 3 is 2.46 bits per heavy atom. The maximum absolute atomic E-state index is 12.2. The lowest BCUT2D eigenvalue weighted by Gasteiger charge is -2.32. The van der Waals surface area contributed by atoms with E-state index in [9.17, 15) is 9.59 Å². The van der Waals surface area contributed by atoms with Crippen molar-refractivity contribution in [1.29, 1.82) is 0 Å². The van der Waals surface area contributed by atoms with Crippen molar-refractivity contribution >= 4 is 17.6 Å². The molecule has 0 spiro atoms. The molecular weight excluding hydrogens is 306 g/mol. The van der Waals surface area contributed by atoms with Crippen molar-refractivity contribution in [3.05, 3.63) is 54.0 Å². The first-order chi connectivity index (χ1) is 11.6. The van der Waals surface area contributed by atoms with Crippen molar-refractivity contribution < 1.29 is 14.0 Å². The molecule has 6 heteroatoms. The molecule has 126 valence electrons. The Kier molecular flexibility index (Phi) is 4.84. The SMILES string of the molecule is Cc1ccoc1C(=O)NC1CCN(C(=O)Nc2ccccc2)CC1. The van der Waals surface area contributed by atoms with E-state index in [1.54, 1.807) is 11.0 Å². The van der Waals surface area contributed by atoms with Crippen LogP contribution in [0.3, 0.4) is 0 Å². The van der Waals surface area contributed by atoms with E-state index in [4.69, 9.17) is 4.42 Å². The predicted molar refractivity (Wildman–Crippen MR) is 91.0 cm³/mol. The van der Waals surface area contributed by atoms with Crippen molar-refractivity contribution in [3.63, 3.8) is 0 Å². The van der Waals surface area contributed by atoms with E-state index in [2.05, 4.69) is 10.6 Å². The number of benzene rings is 1. The molecule has 1 saturated heterocycles. The number of urea groups is 1. The van der Waals surface area contributed by atoms with Gasteiger partial charge in [0.05, 0.1) is 6.26 Å². The third kappa shape index (κ3) is 3.76. The molecule has 2 heterocycles. The van der Waals surface area contributed by atoms with Crippen LogP contribution >= 0.6 is 0 Å². The van der Waals surface area contributed by atoms with Crippen LogP contribution in [0.1, 0.15) is 29.0 Å². The Balaban J connectivity index is 1.48. The van der Waals surface area contributed by atoms with Crippen LogP contribution in [0.4, 0.5) is 10.5 Å². The molecule has 0 aliphatic carbocycles. The highest BCUT2D eigenvalue weighted by molar-refractivity contribution is 5.93. The summed E-state index contributed by atoms with van der Waals surface area (Å²) in [6.07, 6.45) is 2.97. The third-order valence-electron chi connectivity index (χ3n) is 4.21. The van der Waals surface area contributed by atoms with Gasteiger partial charge in [-0.1, -0.05) is 18.2 Å². The van der Waals surface area contributed by atoms with Gasteiger partial charge in [0.2, 0.25) is 0 Å². The number of aryl methyl sites for hydroxylation is 1. The van der Waals surface area contributed by atoms with Crippen LogP contribution in [0.2, 0.25) is 0 Å². The van der Waals surface area contributed by atoms with Gasteiger partial charge in [-0.2, -0.15) is 0 Å². The first kappa shape index (κ1) is 16.1. The normalized spacial score (nSPS) is 15.1. The first-order valence-electron chi connectivity index (χ1n) is 8.09. The van der Waals surface area contributed by atoms with Gasteiger partial charge in [0, 0.05) is 30.4 Å². The first-order valence-corrected chi connectivity index (χ1v) is 8.09. The second-order valence-corrected chi connectivity index (χ2v) is 5.96. The highest BCUT2D eigenvalue weighted by atomic mass is 16.3. The molecule has 0 saturated carbocycles. The zero-order chi connectivity index (χ0) is 16.9. The summed E-state index contributed by atoms with van der Waals surface area (Å²) in [5.41, 5.74) is 1.61. The van der Waals surface area contributed by atoms with Crippen LogP contribution in [-0.2, 0) is 0 Å². The van der Waals surface area contributed by atoms with E-state index in [0.29, 0.717) is 18.8 Å². The second-order valence-electron chi connectivity index (χ2n) is 5.96. The summed E-state index contributed by atoms with van der Waals surface area (Å²) in [6, 6.07) is 11.1. The molecule has 3 amide bonds. The molecule has 0 bridgehead atoms. The number of carbonyl (C=O) groups is 2. The molecule has 1 aliphatic heterocycles. The maximum atomic E-state index is 12.2. The second kappa shape index (κ2) is 7.21. The molecule has 0 unspecified atom stereocenters. The van der Waals surface area contributed by atoms with Gasteiger partial charge < -0.3 is 20.0 Å². The van der Waals surface area contributed by atoms with Crippen LogP contribution in [-0.4, -0.2) is 36.0 Å². The van der Waals surface area contributed by atoms with Gasteiger partial charge in [-0.25, -0.2) is 4.79 Å². The number of rotatable bonds is 3. The zero-order valence-corrected chi connectivity index (χ0v) is 13.6. The Morgan fingerprint density at radius 1 is 1.12 bits per heavy atom. The molecule has 1 fully saturated rings. The third-order valence-corrected chi connectivity index (χ3v) is 4.21. The van der Waals surface area contributed by atoms with Crippen LogP contribution in [0.5, 0.6) is 0 Å². The fourth-order valence-corrected chi connectivity index (χ4v) is 2.81. The van der Waals surface area contributed by atoms with Crippen molar-refractivity contribution in [2.45, 2.75) is 25.8 Å². The molecule has 6 nitrogen and oxygen atoms in total. The monoisotopic (exact) mass is 327 g/mol. The summed E-state index contributed by atoms with van der Waals surface area (Å²) in [4.78, 5) is 26.2. The Labute approximate surface area is 140 Å². The number of hydrogen-bond donors (Lipinski definition) is 2. The number of hydrogen-bond acceptors (Lipinski definition) is 3. The fourth-order valence-electron chi connectivity index (χ4n) is 2.81. The molecule has 1 aromatic carbocycles. The largest absolute Gasteiger partial charge is 0.459 e. The minimum absolute atomic E-state index is 0.0581. The number of nitrogens with one attached hydrogen (secondary N) is 2. The summed E-state index contributed by atoms with van der Waals surface area (Å²) in [5.74, 6) is 0.170. The molecule has 0 radical (unpaired) electrons. The number of likely N-dealkylation sites (tertiary alicyclic amines) is 1.